The zero-order valence-electron chi connectivity index (χ0n) is 13.7. The standard InChI is InChI=1S/C17H17N5O2S/c1-9(23)18-17-20-13-7-6-10(8-14(13)25-17)19-16(24)15-11-4-2-3-5-12(11)21-22-15/h6-8H,2-5H2,1H3,(H,19,24)(H,21,22)(H,18,20,23). The molecule has 0 aliphatic heterocycles. The molecule has 0 saturated carbocycles. The summed E-state index contributed by atoms with van der Waals surface area (Å²) in [5, 5.41) is 13.3. The third kappa shape index (κ3) is 3.12. The molecule has 2 aromatic heterocycles. The number of aromatic amines is 1. The lowest BCUT2D eigenvalue weighted by atomic mass is 9.96. The zero-order valence-corrected chi connectivity index (χ0v) is 14.5. The molecule has 1 aliphatic carbocycles. The Hall–Kier alpha value is -2.74. The number of H-pyrrole nitrogens is 1. The van der Waals surface area contributed by atoms with Crippen molar-refractivity contribution < 1.29 is 9.59 Å². The third-order valence-corrected chi connectivity index (χ3v) is 5.13. The van der Waals surface area contributed by atoms with E-state index in [-0.39, 0.29) is 11.8 Å². The number of hydrogen-bond acceptors (Lipinski definition) is 5. The Morgan fingerprint density at radius 2 is 2.04 bits per heavy atom. The lowest BCUT2D eigenvalue weighted by Gasteiger charge is -2.11. The third-order valence-electron chi connectivity index (χ3n) is 4.20. The lowest BCUT2D eigenvalue weighted by molar-refractivity contribution is -0.114. The molecular weight excluding hydrogens is 338 g/mol. The minimum atomic E-state index is -0.203. The van der Waals surface area contributed by atoms with Crippen molar-refractivity contribution in [3.63, 3.8) is 0 Å². The Kier molecular flexibility index (Phi) is 3.96. The SMILES string of the molecule is CC(=O)Nc1nc2ccc(NC(=O)c3n[nH]c4c3CCCC4)cc2s1. The van der Waals surface area contributed by atoms with E-state index in [2.05, 4.69) is 25.8 Å². The van der Waals surface area contributed by atoms with Crippen molar-refractivity contribution in [2.24, 2.45) is 0 Å². The van der Waals surface area contributed by atoms with Gasteiger partial charge in [-0.1, -0.05) is 11.3 Å². The number of nitrogens with one attached hydrogen (secondary N) is 3. The van der Waals surface area contributed by atoms with Crippen molar-refractivity contribution in [1.29, 1.82) is 0 Å². The molecule has 7 nitrogen and oxygen atoms in total. The first-order chi connectivity index (χ1) is 12.1. The molecular formula is C17H17N5O2S. The molecule has 8 heteroatoms. The first-order valence-electron chi connectivity index (χ1n) is 8.16. The predicted octanol–water partition coefficient (Wildman–Crippen LogP) is 3.11. The van der Waals surface area contributed by atoms with Crippen LogP contribution in [0.4, 0.5) is 10.8 Å². The number of aryl methyl sites for hydroxylation is 1. The second-order valence-electron chi connectivity index (χ2n) is 6.07. The number of carbonyl (C=O) groups excluding carboxylic acids is 2. The second-order valence-corrected chi connectivity index (χ2v) is 7.10. The van der Waals surface area contributed by atoms with E-state index in [9.17, 15) is 9.59 Å². The molecule has 4 rings (SSSR count). The predicted molar refractivity (Wildman–Crippen MR) is 97.1 cm³/mol. The van der Waals surface area contributed by atoms with Crippen LogP contribution in [0.2, 0.25) is 0 Å². The molecule has 1 aliphatic rings. The molecule has 0 fully saturated rings. The van der Waals surface area contributed by atoms with Crippen LogP contribution in [0.3, 0.4) is 0 Å². The van der Waals surface area contributed by atoms with Crippen LogP contribution in [0, 0.1) is 0 Å². The van der Waals surface area contributed by atoms with Gasteiger partial charge in [-0.3, -0.25) is 14.7 Å². The van der Waals surface area contributed by atoms with Crippen LogP contribution in [-0.4, -0.2) is 27.0 Å². The maximum absolute atomic E-state index is 12.6. The zero-order chi connectivity index (χ0) is 17.4. The fourth-order valence-electron chi connectivity index (χ4n) is 3.07. The van der Waals surface area contributed by atoms with E-state index >= 15 is 0 Å². The number of anilines is 2. The molecule has 25 heavy (non-hydrogen) atoms. The average molecular weight is 355 g/mol. The molecule has 0 atom stereocenters. The Balaban J connectivity index is 1.56. The molecule has 0 spiro atoms. The molecule has 0 radical (unpaired) electrons. The Labute approximate surface area is 147 Å². The summed E-state index contributed by atoms with van der Waals surface area (Å²) in [7, 11) is 0. The number of amides is 2. The fraction of sp³-hybridized carbons (Fsp3) is 0.294. The van der Waals surface area contributed by atoms with E-state index in [0.29, 0.717) is 16.5 Å². The van der Waals surface area contributed by atoms with Crippen molar-refractivity contribution in [3.05, 3.63) is 35.2 Å². The summed E-state index contributed by atoms with van der Waals surface area (Å²) in [6.07, 6.45) is 4.07. The van der Waals surface area contributed by atoms with Gasteiger partial charge in [0.15, 0.2) is 10.8 Å². The largest absolute Gasteiger partial charge is 0.321 e. The summed E-state index contributed by atoms with van der Waals surface area (Å²) in [5.74, 6) is -0.360. The van der Waals surface area contributed by atoms with Gasteiger partial charge in [0.2, 0.25) is 5.91 Å². The molecule has 3 aromatic rings. The number of rotatable bonds is 3. The molecule has 0 bridgehead atoms. The Morgan fingerprint density at radius 1 is 1.20 bits per heavy atom. The van der Waals surface area contributed by atoms with Crippen LogP contribution < -0.4 is 10.6 Å². The molecule has 0 unspecified atom stereocenters. The summed E-state index contributed by atoms with van der Waals surface area (Å²) in [6.45, 7) is 1.45. The Morgan fingerprint density at radius 3 is 2.88 bits per heavy atom. The van der Waals surface area contributed by atoms with Crippen molar-refractivity contribution in [1.82, 2.24) is 15.2 Å². The Bertz CT molecular complexity index is 975. The minimum Gasteiger partial charge on any atom is -0.321 e. The molecule has 0 saturated heterocycles. The highest BCUT2D eigenvalue weighted by Crippen LogP contribution is 2.29. The van der Waals surface area contributed by atoms with Crippen molar-refractivity contribution in [3.8, 4) is 0 Å². The summed E-state index contributed by atoms with van der Waals surface area (Å²) < 4.78 is 0.894. The number of benzene rings is 1. The van der Waals surface area contributed by atoms with Crippen LogP contribution in [0.15, 0.2) is 18.2 Å². The summed E-state index contributed by atoms with van der Waals surface area (Å²) in [6, 6.07) is 5.48. The van der Waals surface area contributed by atoms with Crippen molar-refractivity contribution >= 4 is 44.2 Å². The lowest BCUT2D eigenvalue weighted by Crippen LogP contribution is -2.15. The van der Waals surface area contributed by atoms with Gasteiger partial charge in [-0.25, -0.2) is 4.98 Å². The van der Waals surface area contributed by atoms with Gasteiger partial charge in [-0.15, -0.1) is 0 Å². The molecule has 3 N–H and O–H groups in total. The number of fused-ring (bicyclic) bond motifs is 2. The quantitative estimate of drug-likeness (QED) is 0.672. The maximum atomic E-state index is 12.6. The van der Waals surface area contributed by atoms with Crippen LogP contribution in [0.1, 0.15) is 41.5 Å². The van der Waals surface area contributed by atoms with Gasteiger partial charge >= 0.3 is 0 Å². The van der Waals surface area contributed by atoms with Gasteiger partial charge in [-0.2, -0.15) is 5.10 Å². The van der Waals surface area contributed by atoms with Crippen LogP contribution in [-0.2, 0) is 17.6 Å². The summed E-state index contributed by atoms with van der Waals surface area (Å²) in [5.41, 5.74) is 4.06. The second kappa shape index (κ2) is 6.29. The highest BCUT2D eigenvalue weighted by atomic mass is 32.1. The van der Waals surface area contributed by atoms with E-state index in [0.717, 1.165) is 47.2 Å². The molecule has 1 aromatic carbocycles. The number of carbonyl (C=O) groups is 2. The molecule has 2 heterocycles. The van der Waals surface area contributed by atoms with E-state index in [1.807, 2.05) is 12.1 Å². The minimum absolute atomic E-state index is 0.157. The monoisotopic (exact) mass is 355 g/mol. The smallest absolute Gasteiger partial charge is 0.276 e. The maximum Gasteiger partial charge on any atom is 0.276 e. The van der Waals surface area contributed by atoms with Crippen molar-refractivity contribution in [2.75, 3.05) is 10.6 Å². The summed E-state index contributed by atoms with van der Waals surface area (Å²) in [4.78, 5) is 28.0. The van der Waals surface area contributed by atoms with Crippen LogP contribution in [0.25, 0.3) is 10.2 Å². The average Bonchev–Trinajstić information content (AvgIpc) is 3.17. The van der Waals surface area contributed by atoms with Gasteiger partial charge in [0, 0.05) is 23.9 Å². The summed E-state index contributed by atoms with van der Waals surface area (Å²) >= 11 is 1.37. The van der Waals surface area contributed by atoms with Gasteiger partial charge in [0.05, 0.1) is 10.2 Å². The van der Waals surface area contributed by atoms with Gasteiger partial charge < -0.3 is 10.6 Å². The van der Waals surface area contributed by atoms with Crippen LogP contribution in [0.5, 0.6) is 0 Å². The van der Waals surface area contributed by atoms with Crippen LogP contribution >= 0.6 is 11.3 Å². The van der Waals surface area contributed by atoms with Gasteiger partial charge in [-0.05, 0) is 43.9 Å². The molecule has 2 amide bonds. The highest BCUT2D eigenvalue weighted by Gasteiger charge is 2.21. The number of thiazole rings is 1. The normalized spacial score (nSPS) is 13.5. The van der Waals surface area contributed by atoms with Crippen molar-refractivity contribution in [2.45, 2.75) is 32.6 Å². The van der Waals surface area contributed by atoms with E-state index < -0.39 is 0 Å². The first kappa shape index (κ1) is 15.8. The molecule has 128 valence electrons. The number of hydrogen-bond donors (Lipinski definition) is 3. The number of aromatic nitrogens is 3. The van der Waals surface area contributed by atoms with E-state index in [1.54, 1.807) is 6.07 Å². The highest BCUT2D eigenvalue weighted by molar-refractivity contribution is 7.22. The van der Waals surface area contributed by atoms with Gasteiger partial charge in [0.25, 0.3) is 5.91 Å². The van der Waals surface area contributed by atoms with E-state index in [4.69, 9.17) is 0 Å². The van der Waals surface area contributed by atoms with E-state index in [1.165, 1.54) is 18.3 Å². The first-order valence-corrected chi connectivity index (χ1v) is 8.97. The fourth-order valence-corrected chi connectivity index (χ4v) is 4.02. The number of nitrogens with zero attached hydrogens (tertiary/aromatic N) is 2. The van der Waals surface area contributed by atoms with Gasteiger partial charge in [0.1, 0.15) is 0 Å². The topological polar surface area (TPSA) is 99.8 Å².